The summed E-state index contributed by atoms with van der Waals surface area (Å²) in [5, 5.41) is 12.8. The first-order chi connectivity index (χ1) is 9.83. The third kappa shape index (κ3) is 4.44. The predicted octanol–water partition coefficient (Wildman–Crippen LogP) is 1.36. The summed E-state index contributed by atoms with van der Waals surface area (Å²) in [4.78, 5) is 4.20. The van der Waals surface area contributed by atoms with E-state index in [1.165, 1.54) is 0 Å². The molecule has 2 N–H and O–H groups in total. The van der Waals surface area contributed by atoms with Crippen molar-refractivity contribution < 1.29 is 14.6 Å². The van der Waals surface area contributed by atoms with Gasteiger partial charge in [0.15, 0.2) is 0 Å². The lowest BCUT2D eigenvalue weighted by molar-refractivity contribution is 0.0496. The second-order valence-corrected chi connectivity index (χ2v) is 5.16. The number of ether oxygens (including phenoxy) is 2. The molecule has 1 unspecified atom stereocenters. The van der Waals surface area contributed by atoms with Crippen LogP contribution < -0.4 is 10.1 Å². The third-order valence-corrected chi connectivity index (χ3v) is 3.85. The van der Waals surface area contributed by atoms with Gasteiger partial charge in [-0.25, -0.2) is 4.98 Å². The van der Waals surface area contributed by atoms with Gasteiger partial charge in [-0.2, -0.15) is 0 Å². The predicted molar refractivity (Wildman–Crippen MR) is 76.7 cm³/mol. The summed E-state index contributed by atoms with van der Waals surface area (Å²) in [7, 11) is 1.61. The Hall–Kier alpha value is -1.17. The molecule has 2 heterocycles. The average Bonchev–Trinajstić information content (AvgIpc) is 2.53. The summed E-state index contributed by atoms with van der Waals surface area (Å²) < 4.78 is 10.5. The molecule has 20 heavy (non-hydrogen) atoms. The molecular formula is C15H24N2O3. The van der Waals surface area contributed by atoms with E-state index in [1.54, 1.807) is 7.11 Å². The minimum atomic E-state index is 0.218. The average molecular weight is 280 g/mol. The standard InChI is InChI=1S/C15H24N2O3/c1-19-15-3-2-12(11-17-15)10-16-14(4-7-18)13-5-8-20-9-6-13/h2-3,11,13-14,16,18H,4-10H2,1H3. The Kier molecular flexibility index (Phi) is 6.24. The Balaban J connectivity index is 1.86. The molecule has 0 spiro atoms. The smallest absolute Gasteiger partial charge is 0.212 e. The van der Waals surface area contributed by atoms with Crippen LogP contribution in [0.15, 0.2) is 18.3 Å². The molecule has 0 aliphatic carbocycles. The number of hydrogen-bond acceptors (Lipinski definition) is 5. The molecular weight excluding hydrogens is 256 g/mol. The zero-order valence-electron chi connectivity index (χ0n) is 12.0. The number of nitrogens with one attached hydrogen (secondary N) is 1. The molecule has 1 aromatic rings. The molecule has 0 radical (unpaired) electrons. The highest BCUT2D eigenvalue weighted by Crippen LogP contribution is 2.21. The number of hydrogen-bond donors (Lipinski definition) is 2. The van der Waals surface area contributed by atoms with Crippen LogP contribution in [0.2, 0.25) is 0 Å². The molecule has 0 amide bonds. The first kappa shape index (κ1) is 15.2. The van der Waals surface area contributed by atoms with E-state index in [-0.39, 0.29) is 6.61 Å². The zero-order valence-corrected chi connectivity index (χ0v) is 12.0. The molecule has 0 bridgehead atoms. The summed E-state index contributed by atoms with van der Waals surface area (Å²) in [6, 6.07) is 4.22. The number of aliphatic hydroxyl groups is 1. The van der Waals surface area contributed by atoms with Gasteiger partial charge in [0.2, 0.25) is 5.88 Å². The van der Waals surface area contributed by atoms with Gasteiger partial charge in [0.25, 0.3) is 0 Å². The Bertz CT molecular complexity index is 377. The first-order valence-electron chi connectivity index (χ1n) is 7.24. The summed E-state index contributed by atoms with van der Waals surface area (Å²) in [5.74, 6) is 1.21. The first-order valence-corrected chi connectivity index (χ1v) is 7.24. The molecule has 1 aliphatic heterocycles. The zero-order chi connectivity index (χ0) is 14.2. The van der Waals surface area contributed by atoms with Crippen LogP contribution in [0, 0.1) is 5.92 Å². The number of methoxy groups -OCH3 is 1. The van der Waals surface area contributed by atoms with Crippen molar-refractivity contribution in [3.8, 4) is 5.88 Å². The van der Waals surface area contributed by atoms with Crippen molar-refractivity contribution in [3.63, 3.8) is 0 Å². The van der Waals surface area contributed by atoms with Gasteiger partial charge in [-0.3, -0.25) is 0 Å². The highest BCUT2D eigenvalue weighted by atomic mass is 16.5. The van der Waals surface area contributed by atoms with Gasteiger partial charge in [0.1, 0.15) is 0 Å². The van der Waals surface area contributed by atoms with Crippen LogP contribution in [0.5, 0.6) is 5.88 Å². The van der Waals surface area contributed by atoms with E-state index in [4.69, 9.17) is 9.47 Å². The van der Waals surface area contributed by atoms with Crippen molar-refractivity contribution in [3.05, 3.63) is 23.9 Å². The fourth-order valence-corrected chi connectivity index (χ4v) is 2.65. The molecule has 0 saturated carbocycles. The van der Waals surface area contributed by atoms with Crippen LogP contribution in [-0.4, -0.2) is 43.1 Å². The van der Waals surface area contributed by atoms with E-state index in [0.717, 1.165) is 44.6 Å². The Labute approximate surface area is 120 Å². The third-order valence-electron chi connectivity index (χ3n) is 3.85. The minimum Gasteiger partial charge on any atom is -0.481 e. The van der Waals surface area contributed by atoms with Crippen molar-refractivity contribution in [1.29, 1.82) is 0 Å². The van der Waals surface area contributed by atoms with Gasteiger partial charge in [-0.15, -0.1) is 0 Å². The minimum absolute atomic E-state index is 0.218. The molecule has 1 aliphatic rings. The second-order valence-electron chi connectivity index (χ2n) is 5.16. The van der Waals surface area contributed by atoms with E-state index in [2.05, 4.69) is 10.3 Å². The van der Waals surface area contributed by atoms with Gasteiger partial charge in [0.05, 0.1) is 7.11 Å². The number of nitrogens with zero attached hydrogens (tertiary/aromatic N) is 1. The molecule has 1 saturated heterocycles. The van der Waals surface area contributed by atoms with Crippen molar-refractivity contribution in [2.75, 3.05) is 26.9 Å². The largest absolute Gasteiger partial charge is 0.481 e. The van der Waals surface area contributed by atoms with E-state index in [1.807, 2.05) is 18.3 Å². The molecule has 5 nitrogen and oxygen atoms in total. The van der Waals surface area contributed by atoms with Gasteiger partial charge in [-0.05, 0) is 30.7 Å². The highest BCUT2D eigenvalue weighted by Gasteiger charge is 2.23. The van der Waals surface area contributed by atoms with Crippen molar-refractivity contribution in [2.24, 2.45) is 5.92 Å². The molecule has 5 heteroatoms. The number of aliphatic hydroxyl groups excluding tert-OH is 1. The topological polar surface area (TPSA) is 63.6 Å². The van der Waals surface area contributed by atoms with E-state index >= 15 is 0 Å². The lowest BCUT2D eigenvalue weighted by Gasteiger charge is -2.30. The Morgan fingerprint density at radius 1 is 1.45 bits per heavy atom. The van der Waals surface area contributed by atoms with Gasteiger partial charge in [-0.1, -0.05) is 6.07 Å². The quantitative estimate of drug-likeness (QED) is 0.789. The summed E-state index contributed by atoms with van der Waals surface area (Å²) in [5.41, 5.74) is 1.13. The van der Waals surface area contributed by atoms with E-state index in [0.29, 0.717) is 17.8 Å². The molecule has 2 rings (SSSR count). The SMILES string of the molecule is COc1ccc(CNC(CCO)C2CCOCC2)cn1. The van der Waals surface area contributed by atoms with Crippen LogP contribution in [0.1, 0.15) is 24.8 Å². The van der Waals surface area contributed by atoms with Crippen LogP contribution in [0.4, 0.5) is 0 Å². The monoisotopic (exact) mass is 280 g/mol. The maximum absolute atomic E-state index is 9.23. The van der Waals surface area contributed by atoms with Crippen LogP contribution in [-0.2, 0) is 11.3 Å². The molecule has 0 aromatic carbocycles. The van der Waals surface area contributed by atoms with Crippen molar-refractivity contribution in [2.45, 2.75) is 31.8 Å². The van der Waals surface area contributed by atoms with Gasteiger partial charge < -0.3 is 19.9 Å². The maximum atomic E-state index is 9.23. The van der Waals surface area contributed by atoms with Crippen molar-refractivity contribution >= 4 is 0 Å². The Morgan fingerprint density at radius 2 is 2.25 bits per heavy atom. The lowest BCUT2D eigenvalue weighted by Crippen LogP contribution is -2.39. The molecule has 1 atom stereocenters. The lowest BCUT2D eigenvalue weighted by atomic mass is 9.90. The van der Waals surface area contributed by atoms with Gasteiger partial charge in [0, 0.05) is 44.7 Å². The van der Waals surface area contributed by atoms with E-state index in [9.17, 15) is 5.11 Å². The summed E-state index contributed by atoms with van der Waals surface area (Å²) in [6.45, 7) is 2.64. The van der Waals surface area contributed by atoms with Crippen molar-refractivity contribution in [1.82, 2.24) is 10.3 Å². The second kappa shape index (κ2) is 8.19. The number of aromatic nitrogens is 1. The fraction of sp³-hybridized carbons (Fsp3) is 0.667. The van der Waals surface area contributed by atoms with Crippen LogP contribution in [0.3, 0.4) is 0 Å². The number of pyridine rings is 1. The molecule has 1 aromatic heterocycles. The maximum Gasteiger partial charge on any atom is 0.212 e. The Morgan fingerprint density at radius 3 is 2.85 bits per heavy atom. The molecule has 112 valence electrons. The van der Waals surface area contributed by atoms with Crippen LogP contribution in [0.25, 0.3) is 0 Å². The van der Waals surface area contributed by atoms with E-state index < -0.39 is 0 Å². The highest BCUT2D eigenvalue weighted by molar-refractivity contribution is 5.17. The number of rotatable bonds is 7. The summed E-state index contributed by atoms with van der Waals surface area (Å²) in [6.07, 6.45) is 4.75. The fourth-order valence-electron chi connectivity index (χ4n) is 2.65. The summed E-state index contributed by atoms with van der Waals surface area (Å²) >= 11 is 0. The molecule has 1 fully saturated rings. The normalized spacial score (nSPS) is 17.9. The van der Waals surface area contributed by atoms with Gasteiger partial charge >= 0.3 is 0 Å². The van der Waals surface area contributed by atoms with Crippen LogP contribution >= 0.6 is 0 Å².